The van der Waals surface area contributed by atoms with Gasteiger partial charge in [-0.3, -0.25) is 9.69 Å². The molecule has 21 heavy (non-hydrogen) atoms. The van der Waals surface area contributed by atoms with E-state index in [0.717, 1.165) is 5.56 Å². The Hall–Kier alpha value is -2.57. The van der Waals surface area contributed by atoms with Crippen LogP contribution < -0.4 is 4.90 Å². The van der Waals surface area contributed by atoms with Gasteiger partial charge in [0, 0.05) is 10.6 Å². The summed E-state index contributed by atoms with van der Waals surface area (Å²) < 4.78 is 0. The van der Waals surface area contributed by atoms with Crippen LogP contribution in [-0.4, -0.2) is 11.9 Å². The van der Waals surface area contributed by atoms with Gasteiger partial charge in [-0.15, -0.1) is 0 Å². The molecule has 0 radical (unpaired) electrons. The first-order valence-corrected chi connectivity index (χ1v) is 6.84. The highest BCUT2D eigenvalue weighted by atomic mass is 35.5. The number of carbonyl (C=O) groups excluding carboxylic acids is 1. The van der Waals surface area contributed by atoms with Crippen molar-refractivity contribution in [2.24, 2.45) is 0 Å². The average molecular weight is 295 g/mol. The third-order valence-electron chi connectivity index (χ3n) is 3.36. The van der Waals surface area contributed by atoms with Crippen molar-refractivity contribution in [3.05, 3.63) is 70.8 Å². The van der Waals surface area contributed by atoms with Crippen LogP contribution in [0.5, 0.6) is 0 Å². The predicted molar refractivity (Wildman–Crippen MR) is 83.1 cm³/mol. The molecule has 1 amide bonds. The molecule has 1 aliphatic heterocycles. The standard InChI is InChI=1S/C17H11ClN2O/c18-14-8-6-12-7-9-15(11-19)20(16(12)10-14)17(21)13-4-2-1-3-5-13/h1-10,15H. The summed E-state index contributed by atoms with van der Waals surface area (Å²) in [5.41, 5.74) is 2.07. The van der Waals surface area contributed by atoms with Crippen LogP contribution in [0.3, 0.4) is 0 Å². The minimum Gasteiger partial charge on any atom is -0.288 e. The van der Waals surface area contributed by atoms with Crippen molar-refractivity contribution in [3.63, 3.8) is 0 Å². The molecule has 4 heteroatoms. The fourth-order valence-corrected chi connectivity index (χ4v) is 2.52. The molecule has 2 aromatic rings. The van der Waals surface area contributed by atoms with E-state index in [1.165, 1.54) is 4.90 Å². The summed E-state index contributed by atoms with van der Waals surface area (Å²) >= 11 is 6.04. The molecule has 1 atom stereocenters. The van der Waals surface area contributed by atoms with Gasteiger partial charge in [-0.05, 0) is 35.9 Å². The number of halogens is 1. The van der Waals surface area contributed by atoms with Gasteiger partial charge in [0.1, 0.15) is 6.04 Å². The van der Waals surface area contributed by atoms with Crippen LogP contribution >= 0.6 is 11.6 Å². The number of hydrogen-bond donors (Lipinski definition) is 0. The van der Waals surface area contributed by atoms with E-state index in [2.05, 4.69) is 6.07 Å². The van der Waals surface area contributed by atoms with Gasteiger partial charge >= 0.3 is 0 Å². The van der Waals surface area contributed by atoms with Crippen molar-refractivity contribution in [3.8, 4) is 6.07 Å². The quantitative estimate of drug-likeness (QED) is 0.800. The molecular formula is C17H11ClN2O. The van der Waals surface area contributed by atoms with Gasteiger partial charge in [-0.25, -0.2) is 0 Å². The van der Waals surface area contributed by atoms with E-state index >= 15 is 0 Å². The lowest BCUT2D eigenvalue weighted by atomic mass is 10.0. The number of amides is 1. The van der Waals surface area contributed by atoms with E-state index < -0.39 is 6.04 Å². The monoisotopic (exact) mass is 294 g/mol. The predicted octanol–water partition coefficient (Wildman–Crippen LogP) is 3.91. The molecule has 0 aromatic heterocycles. The maximum absolute atomic E-state index is 12.7. The molecule has 0 saturated heterocycles. The average Bonchev–Trinajstić information content (AvgIpc) is 2.53. The number of nitrogens with zero attached hydrogens (tertiary/aromatic N) is 2. The number of benzene rings is 2. The van der Waals surface area contributed by atoms with E-state index in [1.54, 1.807) is 42.5 Å². The third-order valence-corrected chi connectivity index (χ3v) is 3.60. The number of nitriles is 1. The largest absolute Gasteiger partial charge is 0.288 e. The molecule has 1 unspecified atom stereocenters. The molecule has 1 aliphatic rings. The molecule has 0 fully saturated rings. The van der Waals surface area contributed by atoms with Crippen molar-refractivity contribution >= 4 is 29.3 Å². The van der Waals surface area contributed by atoms with Gasteiger partial charge < -0.3 is 0 Å². The minimum atomic E-state index is -0.635. The smallest absolute Gasteiger partial charge is 0.259 e. The molecule has 3 nitrogen and oxygen atoms in total. The minimum absolute atomic E-state index is 0.213. The summed E-state index contributed by atoms with van der Waals surface area (Å²) in [4.78, 5) is 14.2. The summed E-state index contributed by atoms with van der Waals surface area (Å²) in [5, 5.41) is 9.86. The summed E-state index contributed by atoms with van der Waals surface area (Å²) in [7, 11) is 0. The molecule has 0 bridgehead atoms. The van der Waals surface area contributed by atoms with E-state index in [-0.39, 0.29) is 5.91 Å². The first kappa shape index (κ1) is 13.4. The van der Waals surface area contributed by atoms with Crippen LogP contribution in [0.15, 0.2) is 54.6 Å². The molecule has 102 valence electrons. The number of carbonyl (C=O) groups is 1. The van der Waals surface area contributed by atoms with Crippen LogP contribution in [0.4, 0.5) is 5.69 Å². The third kappa shape index (κ3) is 2.42. The number of rotatable bonds is 1. The van der Waals surface area contributed by atoms with E-state index in [1.807, 2.05) is 18.2 Å². The van der Waals surface area contributed by atoms with E-state index in [0.29, 0.717) is 16.3 Å². The first-order chi connectivity index (χ1) is 10.2. The highest BCUT2D eigenvalue weighted by Gasteiger charge is 2.28. The lowest BCUT2D eigenvalue weighted by Gasteiger charge is -2.30. The molecule has 3 rings (SSSR count). The second-order valence-corrected chi connectivity index (χ2v) is 5.11. The normalized spacial score (nSPS) is 16.2. The maximum Gasteiger partial charge on any atom is 0.259 e. The SMILES string of the molecule is N#CC1C=Cc2ccc(Cl)cc2N1C(=O)c1ccccc1. The zero-order valence-corrected chi connectivity index (χ0v) is 11.8. The van der Waals surface area contributed by atoms with Crippen molar-refractivity contribution in [1.29, 1.82) is 5.26 Å². The fourth-order valence-electron chi connectivity index (χ4n) is 2.35. The van der Waals surface area contributed by atoms with Crippen molar-refractivity contribution in [2.45, 2.75) is 6.04 Å². The van der Waals surface area contributed by atoms with Gasteiger partial charge in [-0.1, -0.05) is 41.9 Å². The lowest BCUT2D eigenvalue weighted by Crippen LogP contribution is -2.40. The molecule has 0 spiro atoms. The second kappa shape index (κ2) is 5.43. The van der Waals surface area contributed by atoms with Crippen molar-refractivity contribution in [1.82, 2.24) is 0 Å². The van der Waals surface area contributed by atoms with E-state index in [4.69, 9.17) is 11.6 Å². The number of hydrogen-bond acceptors (Lipinski definition) is 2. The zero-order chi connectivity index (χ0) is 14.8. The topological polar surface area (TPSA) is 44.1 Å². The highest BCUT2D eigenvalue weighted by molar-refractivity contribution is 6.31. The molecule has 1 heterocycles. The van der Waals surface area contributed by atoms with Gasteiger partial charge in [0.2, 0.25) is 0 Å². The Bertz CT molecular complexity index is 762. The van der Waals surface area contributed by atoms with Crippen molar-refractivity contribution < 1.29 is 4.79 Å². The molecule has 0 saturated carbocycles. The fraction of sp³-hybridized carbons (Fsp3) is 0.0588. The Kier molecular flexibility index (Phi) is 3.47. The number of anilines is 1. The second-order valence-electron chi connectivity index (χ2n) is 4.68. The first-order valence-electron chi connectivity index (χ1n) is 6.46. The maximum atomic E-state index is 12.7. The Morgan fingerprint density at radius 1 is 1.19 bits per heavy atom. The van der Waals surface area contributed by atoms with Crippen LogP contribution in [-0.2, 0) is 0 Å². The highest BCUT2D eigenvalue weighted by Crippen LogP contribution is 2.32. The van der Waals surface area contributed by atoms with Crippen LogP contribution in [0.25, 0.3) is 6.08 Å². The van der Waals surface area contributed by atoms with Gasteiger partial charge in [-0.2, -0.15) is 5.26 Å². The van der Waals surface area contributed by atoms with Crippen LogP contribution in [0, 0.1) is 11.3 Å². The van der Waals surface area contributed by atoms with Gasteiger partial charge in [0.05, 0.1) is 11.8 Å². The molecule has 0 N–H and O–H groups in total. The Morgan fingerprint density at radius 3 is 2.67 bits per heavy atom. The van der Waals surface area contributed by atoms with Crippen LogP contribution in [0.2, 0.25) is 5.02 Å². The number of fused-ring (bicyclic) bond motifs is 1. The van der Waals surface area contributed by atoms with Gasteiger partial charge in [0.25, 0.3) is 5.91 Å². The summed E-state index contributed by atoms with van der Waals surface area (Å²) in [6, 6.07) is 15.7. The molecular weight excluding hydrogens is 284 g/mol. The summed E-state index contributed by atoms with van der Waals surface area (Å²) in [6.07, 6.45) is 3.56. The summed E-state index contributed by atoms with van der Waals surface area (Å²) in [6.45, 7) is 0. The lowest BCUT2D eigenvalue weighted by molar-refractivity contribution is 0.0985. The summed E-state index contributed by atoms with van der Waals surface area (Å²) in [5.74, 6) is -0.213. The van der Waals surface area contributed by atoms with Gasteiger partial charge in [0.15, 0.2) is 0 Å². The zero-order valence-electron chi connectivity index (χ0n) is 11.0. The Balaban J connectivity index is 2.11. The molecule has 2 aromatic carbocycles. The Morgan fingerprint density at radius 2 is 1.95 bits per heavy atom. The van der Waals surface area contributed by atoms with Crippen molar-refractivity contribution in [2.75, 3.05) is 4.90 Å². The molecule has 0 aliphatic carbocycles. The van der Waals surface area contributed by atoms with Crippen LogP contribution in [0.1, 0.15) is 15.9 Å². The Labute approximate surface area is 127 Å². The van der Waals surface area contributed by atoms with E-state index in [9.17, 15) is 10.1 Å².